The Hall–Kier alpha value is -0.920. The van der Waals surface area contributed by atoms with E-state index in [2.05, 4.69) is 78.6 Å². The molecule has 0 amide bonds. The van der Waals surface area contributed by atoms with E-state index in [0.29, 0.717) is 23.7 Å². The maximum absolute atomic E-state index is 2.47. The van der Waals surface area contributed by atoms with E-state index in [0.717, 1.165) is 0 Å². The molecule has 1 aromatic rings. The van der Waals surface area contributed by atoms with Crippen LogP contribution in [0.15, 0.2) is 0 Å². The van der Waals surface area contributed by atoms with Gasteiger partial charge in [0.25, 0.3) is 22.8 Å². The first-order chi connectivity index (χ1) is 9.11. The van der Waals surface area contributed by atoms with Crippen LogP contribution in [0.2, 0.25) is 0 Å². The molecule has 0 aliphatic carbocycles. The van der Waals surface area contributed by atoms with Crippen molar-refractivity contribution in [2.45, 2.75) is 79.1 Å². The average Bonchev–Trinajstić information content (AvgIpc) is 2.28. The van der Waals surface area contributed by atoms with Crippen LogP contribution in [0.4, 0.5) is 0 Å². The molecule has 1 heterocycles. The summed E-state index contributed by atoms with van der Waals surface area (Å²) in [6, 6.07) is 0. The largest absolute Gasteiger partial charge is 0.251 e. The van der Waals surface area contributed by atoms with E-state index in [9.17, 15) is 0 Å². The minimum absolute atomic E-state index is 0.544. The van der Waals surface area contributed by atoms with Crippen molar-refractivity contribution < 1.29 is 9.13 Å². The first-order valence-corrected chi connectivity index (χ1v) is 8.06. The maximum atomic E-state index is 2.47. The molecule has 0 radical (unpaired) electrons. The fourth-order valence-electron chi connectivity index (χ4n) is 3.68. The molecule has 0 spiro atoms. The van der Waals surface area contributed by atoms with E-state index in [1.807, 2.05) is 0 Å². The molecule has 0 bridgehead atoms. The van der Waals surface area contributed by atoms with Gasteiger partial charge in [0, 0.05) is 23.7 Å². The SMILES string of the molecule is CC(C)c1c(C(C)C)[n+](C)c(C(C)C)c(C(C)C)[n+]1C. The van der Waals surface area contributed by atoms with Gasteiger partial charge in [0.15, 0.2) is 0 Å². The molecular formula is C18H34N2+2. The number of rotatable bonds is 4. The van der Waals surface area contributed by atoms with Gasteiger partial charge in [0.2, 0.25) is 0 Å². The molecule has 1 aromatic heterocycles. The highest BCUT2D eigenvalue weighted by molar-refractivity contribution is 5.16. The Morgan fingerprint density at radius 1 is 0.450 bits per heavy atom. The summed E-state index contributed by atoms with van der Waals surface area (Å²) in [5.74, 6) is 2.18. The lowest BCUT2D eigenvalue weighted by Gasteiger charge is -2.19. The van der Waals surface area contributed by atoms with E-state index < -0.39 is 0 Å². The first kappa shape index (κ1) is 17.1. The Morgan fingerprint density at radius 3 is 0.700 bits per heavy atom. The molecule has 0 atom stereocenters. The monoisotopic (exact) mass is 278 g/mol. The van der Waals surface area contributed by atoms with Gasteiger partial charge in [-0.15, -0.1) is 0 Å². The summed E-state index contributed by atoms with van der Waals surface area (Å²) in [6.45, 7) is 18.4. The van der Waals surface area contributed by atoms with Crippen LogP contribution >= 0.6 is 0 Å². The molecule has 0 aliphatic rings. The highest BCUT2D eigenvalue weighted by atomic mass is 15.1. The van der Waals surface area contributed by atoms with Crippen LogP contribution < -0.4 is 9.13 Å². The quantitative estimate of drug-likeness (QED) is 0.740. The molecule has 0 aromatic carbocycles. The Bertz CT molecular complexity index is 397. The predicted octanol–water partition coefficient (Wildman–Crippen LogP) is 3.83. The summed E-state index contributed by atoms with van der Waals surface area (Å²) in [5, 5.41) is 0. The van der Waals surface area contributed by atoms with Crippen molar-refractivity contribution in [1.29, 1.82) is 0 Å². The second kappa shape index (κ2) is 6.24. The van der Waals surface area contributed by atoms with Crippen LogP contribution in [0.25, 0.3) is 0 Å². The lowest BCUT2D eigenvalue weighted by atomic mass is 9.93. The lowest BCUT2D eigenvalue weighted by molar-refractivity contribution is -0.749. The topological polar surface area (TPSA) is 7.76 Å². The fourth-order valence-corrected chi connectivity index (χ4v) is 3.68. The van der Waals surface area contributed by atoms with E-state index in [1.165, 1.54) is 22.8 Å². The molecular weight excluding hydrogens is 244 g/mol. The van der Waals surface area contributed by atoms with E-state index in [1.54, 1.807) is 0 Å². The zero-order valence-electron chi connectivity index (χ0n) is 15.2. The first-order valence-electron chi connectivity index (χ1n) is 8.06. The highest BCUT2D eigenvalue weighted by Gasteiger charge is 2.38. The molecule has 0 aliphatic heterocycles. The van der Waals surface area contributed by atoms with E-state index in [4.69, 9.17) is 0 Å². The number of aromatic nitrogens is 2. The Morgan fingerprint density at radius 2 is 0.600 bits per heavy atom. The zero-order valence-corrected chi connectivity index (χ0v) is 15.2. The summed E-state index contributed by atoms with van der Waals surface area (Å²) >= 11 is 0. The maximum Gasteiger partial charge on any atom is 0.251 e. The van der Waals surface area contributed by atoms with Crippen molar-refractivity contribution in [2.75, 3.05) is 0 Å². The van der Waals surface area contributed by atoms with Crippen LogP contribution in [0.3, 0.4) is 0 Å². The molecule has 2 heteroatoms. The Kier molecular flexibility index (Phi) is 5.34. The molecule has 0 fully saturated rings. The number of hydrogen-bond donors (Lipinski definition) is 0. The summed E-state index contributed by atoms with van der Waals surface area (Å²) in [7, 11) is 4.50. The minimum atomic E-state index is 0.544. The van der Waals surface area contributed by atoms with Crippen LogP contribution in [0.1, 0.15) is 102 Å². The lowest BCUT2D eigenvalue weighted by Crippen LogP contribution is -2.54. The van der Waals surface area contributed by atoms with Crippen molar-refractivity contribution in [3.8, 4) is 0 Å². The van der Waals surface area contributed by atoms with Crippen molar-refractivity contribution in [2.24, 2.45) is 14.1 Å². The molecule has 20 heavy (non-hydrogen) atoms. The summed E-state index contributed by atoms with van der Waals surface area (Å²) < 4.78 is 4.94. The van der Waals surface area contributed by atoms with Gasteiger partial charge in [-0.1, -0.05) is 55.4 Å². The molecule has 0 saturated carbocycles. The molecule has 2 nitrogen and oxygen atoms in total. The average molecular weight is 278 g/mol. The van der Waals surface area contributed by atoms with Crippen LogP contribution in [0, 0.1) is 0 Å². The minimum Gasteiger partial charge on any atom is -0.191 e. The van der Waals surface area contributed by atoms with Gasteiger partial charge in [-0.05, 0) is 0 Å². The third-order valence-corrected chi connectivity index (χ3v) is 4.16. The second-order valence-corrected chi connectivity index (χ2v) is 7.28. The van der Waals surface area contributed by atoms with Gasteiger partial charge in [0.05, 0.1) is 0 Å². The van der Waals surface area contributed by atoms with E-state index >= 15 is 0 Å². The van der Waals surface area contributed by atoms with Gasteiger partial charge < -0.3 is 0 Å². The molecule has 1 rings (SSSR count). The highest BCUT2D eigenvalue weighted by Crippen LogP contribution is 2.26. The molecule has 0 saturated heterocycles. The smallest absolute Gasteiger partial charge is 0.191 e. The Balaban J connectivity index is 3.89. The molecule has 0 unspecified atom stereocenters. The van der Waals surface area contributed by atoms with Gasteiger partial charge in [0.1, 0.15) is 14.1 Å². The van der Waals surface area contributed by atoms with E-state index in [-0.39, 0.29) is 0 Å². The van der Waals surface area contributed by atoms with Gasteiger partial charge in [-0.3, -0.25) is 0 Å². The third kappa shape index (κ3) is 2.89. The standard InChI is InChI=1S/C18H34N2/c1-11(2)15-16(12(3)4)20(10)18(14(7)8)17(13(5)6)19(15)9/h11-14H,1-10H3/q+2. The van der Waals surface area contributed by atoms with Gasteiger partial charge in [-0.25, -0.2) is 0 Å². The predicted molar refractivity (Wildman–Crippen MR) is 85.2 cm³/mol. The third-order valence-electron chi connectivity index (χ3n) is 4.16. The second-order valence-electron chi connectivity index (χ2n) is 7.28. The summed E-state index contributed by atoms with van der Waals surface area (Å²) in [4.78, 5) is 0. The van der Waals surface area contributed by atoms with Crippen molar-refractivity contribution >= 4 is 0 Å². The number of nitrogens with zero attached hydrogens (tertiary/aromatic N) is 2. The zero-order chi connectivity index (χ0) is 15.8. The number of hydrogen-bond acceptors (Lipinski definition) is 0. The normalized spacial score (nSPS) is 12.3. The van der Waals surface area contributed by atoms with Crippen molar-refractivity contribution in [3.05, 3.63) is 22.8 Å². The van der Waals surface area contributed by atoms with Crippen LogP contribution in [0.5, 0.6) is 0 Å². The van der Waals surface area contributed by atoms with Gasteiger partial charge in [-0.2, -0.15) is 9.13 Å². The van der Waals surface area contributed by atoms with Crippen LogP contribution in [-0.2, 0) is 14.1 Å². The summed E-state index contributed by atoms with van der Waals surface area (Å²) in [5.41, 5.74) is 5.93. The molecule has 114 valence electrons. The van der Waals surface area contributed by atoms with Crippen molar-refractivity contribution in [1.82, 2.24) is 0 Å². The fraction of sp³-hybridized carbons (Fsp3) is 0.778. The summed E-state index contributed by atoms with van der Waals surface area (Å²) in [6.07, 6.45) is 0. The van der Waals surface area contributed by atoms with Gasteiger partial charge >= 0.3 is 0 Å². The van der Waals surface area contributed by atoms with Crippen LogP contribution in [-0.4, -0.2) is 0 Å². The Labute approximate surface area is 125 Å². The molecule has 0 N–H and O–H groups in total. The van der Waals surface area contributed by atoms with Crippen molar-refractivity contribution in [3.63, 3.8) is 0 Å².